The highest BCUT2D eigenvalue weighted by molar-refractivity contribution is 7.99. The summed E-state index contributed by atoms with van der Waals surface area (Å²) in [5.41, 5.74) is 1.16. The van der Waals surface area contributed by atoms with Gasteiger partial charge in [-0.2, -0.15) is 0 Å². The van der Waals surface area contributed by atoms with E-state index in [1.165, 1.54) is 23.9 Å². The zero-order valence-electron chi connectivity index (χ0n) is 12.1. The molecule has 2 aromatic rings. The average Bonchev–Trinajstić information content (AvgIpc) is 2.58. The van der Waals surface area contributed by atoms with E-state index in [4.69, 9.17) is 0 Å². The molecular weight excluding hydrogens is 316 g/mol. The summed E-state index contributed by atoms with van der Waals surface area (Å²) in [4.78, 5) is 21.8. The van der Waals surface area contributed by atoms with Crippen LogP contribution in [0.5, 0.6) is 0 Å². The number of nitro groups is 1. The number of non-ortho nitro benzene ring substituents is 1. The Morgan fingerprint density at radius 2 is 2.17 bits per heavy atom. The first-order valence-corrected chi connectivity index (χ1v) is 7.67. The van der Waals surface area contributed by atoms with E-state index in [2.05, 4.69) is 22.1 Å². The van der Waals surface area contributed by atoms with Crippen LogP contribution in [0.1, 0.15) is 0 Å². The monoisotopic (exact) mass is 330 g/mol. The molecule has 0 bridgehead atoms. The van der Waals surface area contributed by atoms with Crippen LogP contribution in [0.2, 0.25) is 0 Å². The molecule has 0 aliphatic carbocycles. The van der Waals surface area contributed by atoms with Gasteiger partial charge in [-0.25, -0.2) is 0 Å². The van der Waals surface area contributed by atoms with Crippen molar-refractivity contribution in [3.63, 3.8) is 0 Å². The lowest BCUT2D eigenvalue weighted by Gasteiger charge is -2.03. The second kappa shape index (κ2) is 8.04. The third-order valence-corrected chi connectivity index (χ3v) is 3.71. The largest absolute Gasteiger partial charge is 0.352 e. The Bertz CT molecular complexity index is 719. The van der Waals surface area contributed by atoms with Gasteiger partial charge in [0.1, 0.15) is 5.03 Å². The summed E-state index contributed by atoms with van der Waals surface area (Å²) in [5, 5.41) is 22.1. The minimum absolute atomic E-state index is 0.00152. The Balaban J connectivity index is 2.02. The van der Waals surface area contributed by atoms with Crippen molar-refractivity contribution in [3.05, 3.63) is 59.2 Å². The highest BCUT2D eigenvalue weighted by Gasteiger charge is 2.09. The maximum absolute atomic E-state index is 11.5. The van der Waals surface area contributed by atoms with Crippen molar-refractivity contribution in [2.75, 3.05) is 12.3 Å². The summed E-state index contributed by atoms with van der Waals surface area (Å²) in [5.74, 6) is 0.123. The number of hydrogen-bond acceptors (Lipinski definition) is 6. The lowest BCUT2D eigenvalue weighted by molar-refractivity contribution is -0.384. The van der Waals surface area contributed by atoms with E-state index in [0.717, 1.165) is 0 Å². The molecule has 7 nitrogen and oxygen atoms in total. The average molecular weight is 330 g/mol. The fourth-order valence-electron chi connectivity index (χ4n) is 1.71. The third kappa shape index (κ3) is 4.89. The Hall–Kier alpha value is -2.74. The van der Waals surface area contributed by atoms with Crippen LogP contribution in [0.3, 0.4) is 0 Å². The van der Waals surface area contributed by atoms with Gasteiger partial charge >= 0.3 is 0 Å². The molecule has 0 radical (unpaired) electrons. The Morgan fingerprint density at radius 1 is 1.35 bits per heavy atom. The van der Waals surface area contributed by atoms with Crippen molar-refractivity contribution >= 4 is 23.4 Å². The minimum atomic E-state index is -0.455. The zero-order valence-corrected chi connectivity index (χ0v) is 13.0. The van der Waals surface area contributed by atoms with Gasteiger partial charge in [0.15, 0.2) is 0 Å². The number of carbonyl (C=O) groups excluding carboxylic acids is 1. The number of nitro benzene ring substituents is 1. The first-order valence-electron chi connectivity index (χ1n) is 6.69. The van der Waals surface area contributed by atoms with Gasteiger partial charge in [-0.1, -0.05) is 30.0 Å². The lowest BCUT2D eigenvalue weighted by Crippen LogP contribution is -2.24. The molecular formula is C15H14N4O3S. The molecule has 2 rings (SSSR count). The zero-order chi connectivity index (χ0) is 16.7. The molecule has 0 spiro atoms. The van der Waals surface area contributed by atoms with Gasteiger partial charge in [0, 0.05) is 24.2 Å². The second-order valence-electron chi connectivity index (χ2n) is 4.45. The van der Waals surface area contributed by atoms with Crippen molar-refractivity contribution < 1.29 is 9.72 Å². The van der Waals surface area contributed by atoms with Crippen LogP contribution in [-0.2, 0) is 4.79 Å². The molecule has 0 atom stereocenters. The molecule has 0 fully saturated rings. The first-order chi connectivity index (χ1) is 11.1. The number of benzene rings is 1. The fraction of sp³-hybridized carbons (Fsp3) is 0.133. The molecule has 0 aliphatic heterocycles. The highest BCUT2D eigenvalue weighted by atomic mass is 32.2. The highest BCUT2D eigenvalue weighted by Crippen LogP contribution is 2.23. The molecule has 118 valence electrons. The molecule has 0 unspecified atom stereocenters. The van der Waals surface area contributed by atoms with Gasteiger partial charge in [-0.15, -0.1) is 16.8 Å². The van der Waals surface area contributed by atoms with Crippen molar-refractivity contribution in [3.8, 4) is 11.3 Å². The number of aromatic nitrogens is 2. The van der Waals surface area contributed by atoms with Crippen LogP contribution in [0.25, 0.3) is 11.3 Å². The normalized spacial score (nSPS) is 10.1. The fourth-order valence-corrected chi connectivity index (χ4v) is 2.35. The Kier molecular flexibility index (Phi) is 5.81. The van der Waals surface area contributed by atoms with E-state index in [-0.39, 0.29) is 17.3 Å². The molecule has 23 heavy (non-hydrogen) atoms. The summed E-state index contributed by atoms with van der Waals surface area (Å²) in [6.07, 6.45) is 1.61. The topological polar surface area (TPSA) is 98.0 Å². The number of carbonyl (C=O) groups is 1. The maximum Gasteiger partial charge on any atom is 0.270 e. The van der Waals surface area contributed by atoms with Crippen molar-refractivity contribution in [1.82, 2.24) is 15.5 Å². The van der Waals surface area contributed by atoms with Gasteiger partial charge in [-0.3, -0.25) is 14.9 Å². The van der Waals surface area contributed by atoms with Gasteiger partial charge < -0.3 is 5.32 Å². The lowest BCUT2D eigenvalue weighted by atomic mass is 10.1. The second-order valence-corrected chi connectivity index (χ2v) is 5.44. The standard InChI is InChI=1S/C15H14N4O3S/c1-2-8-16-14(20)10-23-15-7-6-13(17-18-15)11-4-3-5-12(9-11)19(21)22/h2-7,9H,1,8,10H2,(H,16,20). The molecule has 1 N–H and O–H groups in total. The van der Waals surface area contributed by atoms with Crippen LogP contribution < -0.4 is 5.32 Å². The summed E-state index contributed by atoms with van der Waals surface area (Å²) in [7, 11) is 0. The van der Waals surface area contributed by atoms with Gasteiger partial charge in [0.05, 0.1) is 16.4 Å². The molecule has 0 saturated carbocycles. The smallest absolute Gasteiger partial charge is 0.270 e. The Labute approximate surface area is 137 Å². The minimum Gasteiger partial charge on any atom is -0.352 e. The molecule has 1 aromatic carbocycles. The number of amides is 1. The van der Waals surface area contributed by atoms with E-state index < -0.39 is 4.92 Å². The van der Waals surface area contributed by atoms with Gasteiger partial charge in [-0.05, 0) is 12.1 Å². The van der Waals surface area contributed by atoms with E-state index >= 15 is 0 Å². The van der Waals surface area contributed by atoms with Crippen LogP contribution in [0, 0.1) is 10.1 Å². The summed E-state index contributed by atoms with van der Waals surface area (Å²) >= 11 is 1.26. The number of nitrogens with zero attached hydrogens (tertiary/aromatic N) is 3. The molecule has 8 heteroatoms. The number of nitrogens with one attached hydrogen (secondary N) is 1. The third-order valence-electron chi connectivity index (χ3n) is 2.79. The molecule has 1 aromatic heterocycles. The maximum atomic E-state index is 11.5. The van der Waals surface area contributed by atoms with Crippen LogP contribution >= 0.6 is 11.8 Å². The number of rotatable bonds is 7. The van der Waals surface area contributed by atoms with Crippen LogP contribution in [-0.4, -0.2) is 33.3 Å². The van der Waals surface area contributed by atoms with Crippen LogP contribution in [0.15, 0.2) is 54.1 Å². The van der Waals surface area contributed by atoms with E-state index in [1.807, 2.05) is 0 Å². The van der Waals surface area contributed by atoms with Gasteiger partial charge in [0.2, 0.25) is 5.91 Å². The molecule has 1 amide bonds. The van der Waals surface area contributed by atoms with Crippen molar-refractivity contribution in [1.29, 1.82) is 0 Å². The molecule has 0 aliphatic rings. The van der Waals surface area contributed by atoms with Crippen molar-refractivity contribution in [2.24, 2.45) is 0 Å². The predicted octanol–water partition coefficient (Wildman–Crippen LogP) is 2.45. The van der Waals surface area contributed by atoms with Crippen LogP contribution in [0.4, 0.5) is 5.69 Å². The van der Waals surface area contributed by atoms with Crippen molar-refractivity contribution in [2.45, 2.75) is 5.03 Å². The first kappa shape index (κ1) is 16.6. The molecule has 0 saturated heterocycles. The predicted molar refractivity (Wildman–Crippen MR) is 88.1 cm³/mol. The van der Waals surface area contributed by atoms with E-state index in [0.29, 0.717) is 22.8 Å². The van der Waals surface area contributed by atoms with E-state index in [1.54, 1.807) is 30.3 Å². The summed E-state index contributed by atoms with van der Waals surface area (Å²) in [6.45, 7) is 3.95. The van der Waals surface area contributed by atoms with Gasteiger partial charge in [0.25, 0.3) is 5.69 Å². The quantitative estimate of drug-likeness (QED) is 0.362. The molecule has 1 heterocycles. The van der Waals surface area contributed by atoms with E-state index in [9.17, 15) is 14.9 Å². The Morgan fingerprint density at radius 3 is 2.83 bits per heavy atom. The SMILES string of the molecule is C=CCNC(=O)CSc1ccc(-c2cccc([N+](=O)[O-])c2)nn1. The number of thioether (sulfide) groups is 1. The summed E-state index contributed by atoms with van der Waals surface area (Å²) < 4.78 is 0. The summed E-state index contributed by atoms with van der Waals surface area (Å²) in [6, 6.07) is 9.64. The number of hydrogen-bond donors (Lipinski definition) is 1.